The fraction of sp³-hybridized carbons (Fsp3) is 0.370. The monoisotopic (exact) mass is 561 g/mol. The zero-order valence-electron chi connectivity index (χ0n) is 22.7. The first-order valence-corrected chi connectivity index (χ1v) is 13.4. The highest BCUT2D eigenvalue weighted by Crippen LogP contribution is 2.29. The number of aliphatic imine (C=N–C) groups is 1. The average Bonchev–Trinajstić information content (AvgIpc) is 2.92. The van der Waals surface area contributed by atoms with Gasteiger partial charge in [0.2, 0.25) is 5.91 Å². The Hall–Kier alpha value is -5.01. The van der Waals surface area contributed by atoms with Crippen LogP contribution in [0.3, 0.4) is 0 Å². The average molecular weight is 562 g/mol. The first-order valence-electron chi connectivity index (χ1n) is 13.4. The van der Waals surface area contributed by atoms with Gasteiger partial charge in [-0.15, -0.1) is 0 Å². The number of guanidine groups is 1. The molecule has 4 rings (SSSR count). The van der Waals surface area contributed by atoms with Crippen molar-refractivity contribution in [1.82, 2.24) is 24.8 Å². The third-order valence-corrected chi connectivity index (χ3v) is 6.95. The molecule has 0 unspecified atom stereocenters. The molecule has 1 aromatic carbocycles. The number of anilines is 3. The number of nitrogens with one attached hydrogen (secondary N) is 1. The van der Waals surface area contributed by atoms with E-state index in [1.165, 1.54) is 34.5 Å². The molecule has 216 valence electrons. The van der Waals surface area contributed by atoms with Crippen molar-refractivity contribution in [3.63, 3.8) is 0 Å². The Morgan fingerprint density at radius 2 is 1.59 bits per heavy atom. The van der Waals surface area contributed by atoms with E-state index in [1.807, 2.05) is 0 Å². The Morgan fingerprint density at radius 1 is 0.902 bits per heavy atom. The number of fused-ring (bicyclic) bond motifs is 1. The van der Waals surface area contributed by atoms with Crippen LogP contribution in [0.2, 0.25) is 0 Å². The van der Waals surface area contributed by atoms with Crippen molar-refractivity contribution in [2.75, 3.05) is 23.7 Å². The number of rotatable bonds is 10. The van der Waals surface area contributed by atoms with Gasteiger partial charge in [0.25, 0.3) is 5.91 Å². The van der Waals surface area contributed by atoms with Crippen molar-refractivity contribution < 1.29 is 9.59 Å². The van der Waals surface area contributed by atoms with Gasteiger partial charge >= 0.3 is 5.69 Å². The van der Waals surface area contributed by atoms with Gasteiger partial charge in [-0.05, 0) is 79.7 Å². The summed E-state index contributed by atoms with van der Waals surface area (Å²) in [4.78, 5) is 52.1. The van der Waals surface area contributed by atoms with Gasteiger partial charge in [0.1, 0.15) is 5.82 Å². The molecule has 1 aliphatic carbocycles. The van der Waals surface area contributed by atoms with E-state index in [4.69, 9.17) is 28.7 Å². The minimum atomic E-state index is -0.753. The molecule has 41 heavy (non-hydrogen) atoms. The number of carbonyl (C=O) groups excluding carboxylic acids is 2. The standard InChI is InChI=1S/C27H35N11O3/c28-19-12-14-38(27(41)34-19)24-23(31)36-22(30)21(35-24)25(40)37-26(32)33-13-4-3-5-15-8-9-16(10-11-20(29)39)18-7-2-1-6-17(15)18/h8-9,12,14H,1-7,10-11,13H2,(H2,29,39)(H2,28,34,41)(H4,30,31,36)(H3,32,33,37,40). The zero-order valence-corrected chi connectivity index (χ0v) is 22.7. The van der Waals surface area contributed by atoms with Gasteiger partial charge in [-0.2, -0.15) is 4.98 Å². The number of unbranched alkanes of at least 4 members (excludes halogenated alkanes) is 1. The summed E-state index contributed by atoms with van der Waals surface area (Å²) in [7, 11) is 0. The van der Waals surface area contributed by atoms with E-state index in [1.54, 1.807) is 0 Å². The van der Waals surface area contributed by atoms with E-state index < -0.39 is 11.6 Å². The lowest BCUT2D eigenvalue weighted by atomic mass is 9.83. The maximum atomic E-state index is 12.8. The molecule has 0 radical (unpaired) electrons. The predicted octanol–water partition coefficient (Wildman–Crippen LogP) is 0.133. The van der Waals surface area contributed by atoms with Crippen LogP contribution in [-0.2, 0) is 30.5 Å². The van der Waals surface area contributed by atoms with E-state index in [2.05, 4.69) is 37.4 Å². The molecule has 0 aliphatic heterocycles. The molecule has 14 nitrogen and oxygen atoms in total. The number of aromatic nitrogens is 4. The summed E-state index contributed by atoms with van der Waals surface area (Å²) in [5.41, 5.74) is 32.8. The summed E-state index contributed by atoms with van der Waals surface area (Å²) in [5, 5.41) is 2.44. The predicted molar refractivity (Wildman–Crippen MR) is 156 cm³/mol. The number of nitrogen functional groups attached to an aromatic ring is 3. The van der Waals surface area contributed by atoms with Crippen LogP contribution in [0.4, 0.5) is 17.5 Å². The zero-order chi connectivity index (χ0) is 29.5. The molecule has 2 amide bonds. The number of benzene rings is 1. The Kier molecular flexibility index (Phi) is 9.12. The largest absolute Gasteiger partial charge is 0.383 e. The Bertz CT molecular complexity index is 1550. The topological polar surface area (TPSA) is 249 Å². The summed E-state index contributed by atoms with van der Waals surface area (Å²) >= 11 is 0. The Labute approximate surface area is 236 Å². The number of aryl methyl sites for hydroxylation is 2. The smallest absolute Gasteiger partial charge is 0.355 e. The molecule has 0 fully saturated rings. The number of nitrogens with zero attached hydrogens (tertiary/aromatic N) is 5. The number of primary amides is 1. The van der Waals surface area contributed by atoms with Gasteiger partial charge in [0, 0.05) is 19.2 Å². The van der Waals surface area contributed by atoms with Gasteiger partial charge in [0.15, 0.2) is 29.1 Å². The first-order chi connectivity index (χ1) is 19.6. The lowest BCUT2D eigenvalue weighted by Crippen LogP contribution is -2.38. The number of amides is 2. The van der Waals surface area contributed by atoms with Crippen molar-refractivity contribution in [2.24, 2.45) is 16.5 Å². The van der Waals surface area contributed by atoms with E-state index in [9.17, 15) is 14.4 Å². The first kappa shape index (κ1) is 29.0. The lowest BCUT2D eigenvalue weighted by Gasteiger charge is -2.23. The molecule has 1 aliphatic rings. The molecular weight excluding hydrogens is 526 g/mol. The molecular formula is C27H35N11O3. The number of hydrogen-bond donors (Lipinski definition) is 6. The summed E-state index contributed by atoms with van der Waals surface area (Å²) in [6.45, 7) is 0.408. The van der Waals surface area contributed by atoms with Crippen LogP contribution < -0.4 is 39.7 Å². The number of hydrogen-bond acceptors (Lipinski definition) is 10. The van der Waals surface area contributed by atoms with Gasteiger partial charge in [0.05, 0.1) is 0 Å². The van der Waals surface area contributed by atoms with Crippen molar-refractivity contribution in [3.05, 3.63) is 62.8 Å². The highest BCUT2D eigenvalue weighted by Gasteiger charge is 2.20. The van der Waals surface area contributed by atoms with E-state index in [-0.39, 0.29) is 40.8 Å². The Balaban J connectivity index is 1.35. The molecule has 14 heteroatoms. The lowest BCUT2D eigenvalue weighted by molar-refractivity contribution is -0.118. The van der Waals surface area contributed by atoms with Gasteiger partial charge in [-0.1, -0.05) is 12.1 Å². The van der Waals surface area contributed by atoms with Crippen LogP contribution >= 0.6 is 0 Å². The maximum absolute atomic E-state index is 12.8. The third-order valence-electron chi connectivity index (χ3n) is 6.95. The van der Waals surface area contributed by atoms with E-state index in [0.717, 1.165) is 49.5 Å². The molecule has 3 aromatic rings. The quantitative estimate of drug-likeness (QED) is 0.111. The summed E-state index contributed by atoms with van der Waals surface area (Å²) in [5.74, 6) is -1.65. The molecule has 2 aromatic heterocycles. The second-order valence-electron chi connectivity index (χ2n) is 9.86. The van der Waals surface area contributed by atoms with E-state index in [0.29, 0.717) is 19.4 Å². The van der Waals surface area contributed by atoms with Crippen LogP contribution in [0.5, 0.6) is 0 Å². The molecule has 2 heterocycles. The number of nitrogens with two attached hydrogens (primary N) is 5. The summed E-state index contributed by atoms with van der Waals surface area (Å²) in [6, 6.07) is 5.67. The van der Waals surface area contributed by atoms with Crippen LogP contribution in [-0.4, -0.2) is 43.8 Å². The van der Waals surface area contributed by atoms with Gasteiger partial charge in [-0.25, -0.2) is 19.3 Å². The summed E-state index contributed by atoms with van der Waals surface area (Å²) < 4.78 is 0.998. The number of carbonyl (C=O) groups is 2. The van der Waals surface area contributed by atoms with Gasteiger partial charge < -0.3 is 28.7 Å². The maximum Gasteiger partial charge on any atom is 0.355 e. The minimum absolute atomic E-state index is 0.0181. The van der Waals surface area contributed by atoms with Crippen molar-refractivity contribution >= 4 is 35.2 Å². The molecule has 0 saturated carbocycles. The third kappa shape index (κ3) is 7.15. The Morgan fingerprint density at radius 3 is 2.24 bits per heavy atom. The van der Waals surface area contributed by atoms with Crippen molar-refractivity contribution in [2.45, 2.75) is 57.8 Å². The fourth-order valence-corrected chi connectivity index (χ4v) is 4.96. The highest BCUT2D eigenvalue weighted by molar-refractivity contribution is 6.06. The van der Waals surface area contributed by atoms with Crippen molar-refractivity contribution in [3.8, 4) is 5.82 Å². The molecule has 0 atom stereocenters. The second-order valence-corrected chi connectivity index (χ2v) is 9.86. The van der Waals surface area contributed by atoms with Gasteiger partial charge in [-0.3, -0.25) is 19.9 Å². The van der Waals surface area contributed by atoms with Crippen LogP contribution in [0.25, 0.3) is 5.82 Å². The summed E-state index contributed by atoms with van der Waals surface area (Å²) in [6.07, 6.45) is 9.32. The minimum Gasteiger partial charge on any atom is -0.383 e. The van der Waals surface area contributed by atoms with E-state index >= 15 is 0 Å². The van der Waals surface area contributed by atoms with Crippen LogP contribution in [0, 0.1) is 0 Å². The highest BCUT2D eigenvalue weighted by atomic mass is 16.2. The normalized spacial score (nSPS) is 13.0. The van der Waals surface area contributed by atoms with Crippen LogP contribution in [0.15, 0.2) is 34.2 Å². The molecule has 0 spiro atoms. The fourth-order valence-electron chi connectivity index (χ4n) is 4.96. The molecule has 0 bridgehead atoms. The second kappa shape index (κ2) is 12.9. The van der Waals surface area contributed by atoms with Crippen LogP contribution in [0.1, 0.15) is 64.8 Å². The molecule has 11 N–H and O–H groups in total. The SMILES string of the molecule is NC(=O)CCc1ccc(CCCCN=C(N)NC(=O)c2nc(-n3ccc(N)nc3=O)c(N)nc2N)c2c1CCCC2. The van der Waals surface area contributed by atoms with Crippen molar-refractivity contribution in [1.29, 1.82) is 0 Å². The molecule has 0 saturated heterocycles.